The Labute approximate surface area is 122 Å². The number of hydrogen-bond donors (Lipinski definition) is 1. The molecule has 0 aliphatic heterocycles. The van der Waals surface area contributed by atoms with Crippen LogP contribution in [0.1, 0.15) is 38.2 Å². The Morgan fingerprint density at radius 1 is 1.32 bits per heavy atom. The van der Waals surface area contributed by atoms with Crippen LogP contribution in [0, 0.1) is 5.92 Å². The minimum Gasteiger partial charge on any atom is -0.370 e. The molecule has 1 saturated carbocycles. The van der Waals surface area contributed by atoms with Crippen LogP contribution >= 0.6 is 11.6 Å². The topological polar surface area (TPSA) is 15.3 Å². The summed E-state index contributed by atoms with van der Waals surface area (Å²) in [6, 6.07) is 7.04. The van der Waals surface area contributed by atoms with Gasteiger partial charge in [-0.05, 0) is 43.5 Å². The number of halogens is 1. The monoisotopic (exact) mass is 280 g/mol. The summed E-state index contributed by atoms with van der Waals surface area (Å²) in [5, 5.41) is 4.03. The maximum atomic E-state index is 6.46. The molecule has 2 nitrogen and oxygen atoms in total. The minimum atomic E-state index is 0.626. The number of nitrogens with one attached hydrogen (secondary N) is 1. The molecule has 0 amide bonds. The molecule has 0 radical (unpaired) electrons. The Balaban J connectivity index is 2.16. The third kappa shape index (κ3) is 3.43. The number of nitrogens with zero attached hydrogens (tertiary/aromatic N) is 1. The lowest BCUT2D eigenvalue weighted by molar-refractivity contribution is 0.321. The predicted molar refractivity (Wildman–Crippen MR) is 84.0 cm³/mol. The van der Waals surface area contributed by atoms with Crippen LogP contribution in [-0.4, -0.2) is 20.1 Å². The number of rotatable bonds is 4. The Morgan fingerprint density at radius 2 is 2.05 bits per heavy atom. The molecule has 2 unspecified atom stereocenters. The summed E-state index contributed by atoms with van der Waals surface area (Å²) in [4.78, 5) is 2.38. The highest BCUT2D eigenvalue weighted by molar-refractivity contribution is 6.33. The SMILES string of the molecule is CNCc1ccc(N(C)C2CCCCC2C)c(Cl)c1. The smallest absolute Gasteiger partial charge is 0.0642 e. The number of hydrogen-bond acceptors (Lipinski definition) is 2. The van der Waals surface area contributed by atoms with Gasteiger partial charge in [-0.15, -0.1) is 0 Å². The van der Waals surface area contributed by atoms with E-state index in [2.05, 4.69) is 42.4 Å². The Morgan fingerprint density at radius 3 is 2.68 bits per heavy atom. The lowest BCUT2D eigenvalue weighted by Crippen LogP contribution is -2.39. The first kappa shape index (κ1) is 14.7. The third-order valence-corrected chi connectivity index (χ3v) is 4.64. The summed E-state index contributed by atoms with van der Waals surface area (Å²) in [5.41, 5.74) is 2.40. The van der Waals surface area contributed by atoms with Crippen molar-refractivity contribution in [3.8, 4) is 0 Å². The van der Waals surface area contributed by atoms with Crippen LogP contribution in [0.4, 0.5) is 5.69 Å². The summed E-state index contributed by atoms with van der Waals surface area (Å²) in [7, 11) is 4.14. The lowest BCUT2D eigenvalue weighted by atomic mass is 9.85. The molecule has 0 spiro atoms. The first-order valence-corrected chi connectivity index (χ1v) is 7.67. The van der Waals surface area contributed by atoms with Crippen LogP contribution in [-0.2, 0) is 6.54 Å². The first-order valence-electron chi connectivity index (χ1n) is 7.29. The number of anilines is 1. The molecule has 19 heavy (non-hydrogen) atoms. The molecular formula is C16H25ClN2. The molecule has 1 aromatic carbocycles. The molecule has 1 aliphatic carbocycles. The normalized spacial score (nSPS) is 23.4. The molecule has 2 atom stereocenters. The average molecular weight is 281 g/mol. The Bertz CT molecular complexity index is 419. The van der Waals surface area contributed by atoms with E-state index in [0.717, 1.165) is 17.5 Å². The van der Waals surface area contributed by atoms with Gasteiger partial charge in [0, 0.05) is 19.6 Å². The van der Waals surface area contributed by atoms with E-state index < -0.39 is 0 Å². The van der Waals surface area contributed by atoms with Gasteiger partial charge in [-0.1, -0.05) is 37.4 Å². The van der Waals surface area contributed by atoms with Gasteiger partial charge < -0.3 is 10.2 Å². The second-order valence-corrected chi connectivity index (χ2v) is 6.16. The minimum absolute atomic E-state index is 0.626. The van der Waals surface area contributed by atoms with Crippen molar-refractivity contribution in [3.63, 3.8) is 0 Å². The van der Waals surface area contributed by atoms with Crippen molar-refractivity contribution in [1.29, 1.82) is 0 Å². The fraction of sp³-hybridized carbons (Fsp3) is 0.625. The molecule has 1 aromatic rings. The van der Waals surface area contributed by atoms with E-state index in [-0.39, 0.29) is 0 Å². The van der Waals surface area contributed by atoms with Gasteiger partial charge in [0.15, 0.2) is 0 Å². The molecule has 0 heterocycles. The molecule has 0 bridgehead atoms. The molecule has 0 saturated heterocycles. The van der Waals surface area contributed by atoms with Crippen LogP contribution < -0.4 is 10.2 Å². The lowest BCUT2D eigenvalue weighted by Gasteiger charge is -2.38. The zero-order valence-electron chi connectivity index (χ0n) is 12.2. The Hall–Kier alpha value is -0.730. The van der Waals surface area contributed by atoms with E-state index in [9.17, 15) is 0 Å². The first-order chi connectivity index (χ1) is 9.13. The Kier molecular flexibility index (Phi) is 5.12. The summed E-state index contributed by atoms with van der Waals surface area (Å²) >= 11 is 6.46. The van der Waals surface area contributed by atoms with E-state index in [1.807, 2.05) is 7.05 Å². The van der Waals surface area contributed by atoms with Gasteiger partial charge in [-0.25, -0.2) is 0 Å². The van der Waals surface area contributed by atoms with Crippen LogP contribution in [0.3, 0.4) is 0 Å². The predicted octanol–water partition coefficient (Wildman–Crippen LogP) is 4.07. The van der Waals surface area contributed by atoms with Gasteiger partial charge in [0.05, 0.1) is 10.7 Å². The van der Waals surface area contributed by atoms with Crippen molar-refractivity contribution in [1.82, 2.24) is 5.32 Å². The summed E-state index contributed by atoms with van der Waals surface area (Å²) in [6.07, 6.45) is 5.34. The second-order valence-electron chi connectivity index (χ2n) is 5.76. The van der Waals surface area contributed by atoms with E-state index in [1.54, 1.807) is 0 Å². The summed E-state index contributed by atoms with van der Waals surface area (Å²) in [6.45, 7) is 3.23. The van der Waals surface area contributed by atoms with Crippen LogP contribution in [0.5, 0.6) is 0 Å². The van der Waals surface area contributed by atoms with Crippen molar-refractivity contribution in [2.75, 3.05) is 19.0 Å². The maximum absolute atomic E-state index is 6.46. The van der Waals surface area contributed by atoms with Gasteiger partial charge in [-0.2, -0.15) is 0 Å². The van der Waals surface area contributed by atoms with Crippen molar-refractivity contribution in [3.05, 3.63) is 28.8 Å². The van der Waals surface area contributed by atoms with Crippen molar-refractivity contribution in [2.24, 2.45) is 5.92 Å². The van der Waals surface area contributed by atoms with Crippen molar-refractivity contribution in [2.45, 2.75) is 45.2 Å². The molecule has 2 rings (SSSR count). The van der Waals surface area contributed by atoms with Gasteiger partial charge in [0.2, 0.25) is 0 Å². The summed E-state index contributed by atoms with van der Waals surface area (Å²) < 4.78 is 0. The van der Waals surface area contributed by atoms with Gasteiger partial charge in [0.25, 0.3) is 0 Å². The van der Waals surface area contributed by atoms with Crippen molar-refractivity contribution < 1.29 is 0 Å². The molecule has 1 aliphatic rings. The van der Waals surface area contributed by atoms with Gasteiger partial charge >= 0.3 is 0 Å². The molecular weight excluding hydrogens is 256 g/mol. The summed E-state index contributed by atoms with van der Waals surface area (Å²) in [5.74, 6) is 0.756. The maximum Gasteiger partial charge on any atom is 0.0642 e. The van der Waals surface area contributed by atoms with Crippen LogP contribution in [0.25, 0.3) is 0 Å². The highest BCUT2D eigenvalue weighted by Crippen LogP contribution is 2.34. The largest absolute Gasteiger partial charge is 0.370 e. The van der Waals surface area contributed by atoms with E-state index in [1.165, 1.54) is 36.9 Å². The molecule has 1 fully saturated rings. The molecule has 1 N–H and O–H groups in total. The molecule has 3 heteroatoms. The van der Waals surface area contributed by atoms with Gasteiger partial charge in [-0.3, -0.25) is 0 Å². The van der Waals surface area contributed by atoms with Gasteiger partial charge in [0.1, 0.15) is 0 Å². The zero-order valence-corrected chi connectivity index (χ0v) is 13.0. The average Bonchev–Trinajstić information content (AvgIpc) is 2.39. The second kappa shape index (κ2) is 6.62. The standard InChI is InChI=1S/C16H25ClN2/c1-12-6-4-5-7-15(12)19(3)16-9-8-13(11-18-2)10-14(16)17/h8-10,12,15,18H,4-7,11H2,1-3H3. The van der Waals surface area contributed by atoms with E-state index in [0.29, 0.717) is 6.04 Å². The highest BCUT2D eigenvalue weighted by atomic mass is 35.5. The van der Waals surface area contributed by atoms with Crippen LogP contribution in [0.15, 0.2) is 18.2 Å². The third-order valence-electron chi connectivity index (χ3n) is 4.34. The number of benzene rings is 1. The highest BCUT2D eigenvalue weighted by Gasteiger charge is 2.26. The van der Waals surface area contributed by atoms with Crippen LogP contribution in [0.2, 0.25) is 5.02 Å². The van der Waals surface area contributed by atoms with E-state index in [4.69, 9.17) is 11.6 Å². The molecule has 106 valence electrons. The fourth-order valence-electron chi connectivity index (χ4n) is 3.20. The van der Waals surface area contributed by atoms with E-state index >= 15 is 0 Å². The fourth-order valence-corrected chi connectivity index (χ4v) is 3.54. The zero-order chi connectivity index (χ0) is 13.8. The quantitative estimate of drug-likeness (QED) is 0.894. The van der Waals surface area contributed by atoms with Crippen molar-refractivity contribution >= 4 is 17.3 Å². The molecule has 0 aromatic heterocycles.